The van der Waals surface area contributed by atoms with Crippen LogP contribution in [0.5, 0.6) is 34.5 Å². The van der Waals surface area contributed by atoms with Gasteiger partial charge in [-0.15, -0.1) is 0 Å². The third-order valence-corrected chi connectivity index (χ3v) is 11.6. The first-order chi connectivity index (χ1) is 27.2. The van der Waals surface area contributed by atoms with Gasteiger partial charge in [0.15, 0.2) is 0 Å². The predicted molar refractivity (Wildman–Crippen MR) is 222 cm³/mol. The summed E-state index contributed by atoms with van der Waals surface area (Å²) in [7, 11) is 2.46. The summed E-state index contributed by atoms with van der Waals surface area (Å²) in [6, 6.07) is 31.0. The zero-order valence-corrected chi connectivity index (χ0v) is 34.0. The van der Waals surface area contributed by atoms with Crippen LogP contribution in [0.1, 0.15) is 22.3 Å². The molecule has 0 saturated heterocycles. The van der Waals surface area contributed by atoms with E-state index in [9.17, 15) is 0 Å². The molecule has 0 fully saturated rings. The molecular weight excluding hydrogens is 750 g/mol. The molecule has 0 atom stereocenters. The van der Waals surface area contributed by atoms with Crippen LogP contribution in [0.4, 0.5) is 0 Å². The lowest BCUT2D eigenvalue weighted by Crippen LogP contribution is -1.97. The number of rotatable bonds is 9. The van der Waals surface area contributed by atoms with E-state index >= 15 is 0 Å². The molecule has 56 heavy (non-hydrogen) atoms. The zero-order chi connectivity index (χ0) is 39.1. The van der Waals surface area contributed by atoms with Gasteiger partial charge >= 0.3 is 16.5 Å². The van der Waals surface area contributed by atoms with Crippen molar-refractivity contribution in [2.24, 2.45) is 0 Å². The average molecular weight is 791 g/mol. The molecule has 0 unspecified atom stereocenters. The fraction of sp³-hybridized carbons (Fsp3) is 0.182. The fourth-order valence-electron chi connectivity index (χ4n) is 6.83. The molecule has 2 heterocycles. The van der Waals surface area contributed by atoms with Crippen LogP contribution >= 0.6 is 16.5 Å². The molecule has 286 valence electrons. The van der Waals surface area contributed by atoms with Gasteiger partial charge in [-0.2, -0.15) is 0 Å². The quantitative estimate of drug-likeness (QED) is 0.140. The summed E-state index contributed by atoms with van der Waals surface area (Å²) in [6.07, 6.45) is 0. The largest absolute Gasteiger partial charge is 0.497 e. The summed E-state index contributed by atoms with van der Waals surface area (Å²) in [4.78, 5) is 0. The van der Waals surface area contributed by atoms with Crippen molar-refractivity contribution in [3.05, 3.63) is 119 Å². The van der Waals surface area contributed by atoms with E-state index in [-0.39, 0.29) is 0 Å². The van der Waals surface area contributed by atoms with Crippen LogP contribution in [0.2, 0.25) is 0 Å². The summed E-state index contributed by atoms with van der Waals surface area (Å²) in [6.45, 7) is 7.84. The van der Waals surface area contributed by atoms with Crippen LogP contribution in [0.15, 0.2) is 114 Å². The maximum Gasteiger partial charge on any atom is 0.453 e. The topological polar surface area (TPSA) is 108 Å². The highest BCUT2D eigenvalue weighted by Crippen LogP contribution is 2.50. The monoisotopic (exact) mass is 790 g/mol. The van der Waals surface area contributed by atoms with Gasteiger partial charge in [-0.25, -0.2) is 0 Å². The van der Waals surface area contributed by atoms with Crippen molar-refractivity contribution in [3.8, 4) is 45.6 Å². The minimum atomic E-state index is -2.09. The number of hydrogen-bond donors (Lipinski definition) is 0. The van der Waals surface area contributed by atoms with E-state index in [4.69, 9.17) is 44.8 Å². The first kappa shape index (κ1) is 36.9. The SMILES string of the molecule is COc1cc(C)c(Op2oc3ccccc3c3ccccc3o2)c(-c2cc(OC)cc(C)c2Op2oc3c(C)cc(OC)cc3c3cc(OC)cc(C)c3o2)c1. The van der Waals surface area contributed by atoms with Crippen molar-refractivity contribution < 1.29 is 44.8 Å². The van der Waals surface area contributed by atoms with Crippen molar-refractivity contribution >= 4 is 60.4 Å². The molecule has 6 aromatic carbocycles. The van der Waals surface area contributed by atoms with Crippen LogP contribution < -0.4 is 28.0 Å². The molecule has 0 aliphatic carbocycles. The Morgan fingerprint density at radius 2 is 0.750 bits per heavy atom. The molecule has 0 N–H and O–H groups in total. The van der Waals surface area contributed by atoms with Gasteiger partial charge in [0, 0.05) is 32.7 Å². The number of fused-ring (bicyclic) bond motifs is 6. The van der Waals surface area contributed by atoms with E-state index in [1.807, 2.05) is 125 Å². The van der Waals surface area contributed by atoms with Crippen molar-refractivity contribution in [2.45, 2.75) is 27.7 Å². The molecule has 8 rings (SSSR count). The van der Waals surface area contributed by atoms with Gasteiger partial charge in [-0.1, -0.05) is 36.4 Å². The number of para-hydroxylation sites is 2. The van der Waals surface area contributed by atoms with Crippen LogP contribution in [0.3, 0.4) is 0 Å². The Labute approximate surface area is 325 Å². The first-order valence-electron chi connectivity index (χ1n) is 17.8. The molecule has 8 aromatic rings. The van der Waals surface area contributed by atoms with Gasteiger partial charge in [0.1, 0.15) is 56.8 Å². The highest BCUT2D eigenvalue weighted by Gasteiger charge is 2.24. The van der Waals surface area contributed by atoms with Crippen molar-refractivity contribution in [1.29, 1.82) is 0 Å². The van der Waals surface area contributed by atoms with Crippen molar-refractivity contribution in [2.75, 3.05) is 28.4 Å². The van der Waals surface area contributed by atoms with Crippen molar-refractivity contribution in [3.63, 3.8) is 0 Å². The smallest absolute Gasteiger partial charge is 0.453 e. The number of ether oxygens (including phenoxy) is 4. The van der Waals surface area contributed by atoms with Gasteiger partial charge in [-0.3, -0.25) is 0 Å². The van der Waals surface area contributed by atoms with Crippen LogP contribution in [0, 0.1) is 27.7 Å². The summed E-state index contributed by atoms with van der Waals surface area (Å²) in [5.41, 5.74) is 7.13. The summed E-state index contributed by atoms with van der Waals surface area (Å²) >= 11 is 0. The maximum atomic E-state index is 6.91. The summed E-state index contributed by atoms with van der Waals surface area (Å²) in [5, 5.41) is 3.43. The number of hydrogen-bond acceptors (Lipinski definition) is 10. The Balaban J connectivity index is 1.36. The Kier molecular flexibility index (Phi) is 10.0. The second kappa shape index (κ2) is 15.2. The number of methoxy groups -OCH3 is 4. The molecule has 0 radical (unpaired) electrons. The molecule has 0 saturated carbocycles. The van der Waals surface area contributed by atoms with Gasteiger partial charge in [0.2, 0.25) is 0 Å². The lowest BCUT2D eigenvalue weighted by molar-refractivity contribution is 0.412. The van der Waals surface area contributed by atoms with Crippen LogP contribution in [-0.2, 0) is 0 Å². The first-order valence-corrected chi connectivity index (χ1v) is 20.0. The van der Waals surface area contributed by atoms with Gasteiger partial charge < -0.3 is 44.8 Å². The third-order valence-electron chi connectivity index (χ3n) is 9.59. The minimum Gasteiger partial charge on any atom is -0.497 e. The average Bonchev–Trinajstić information content (AvgIpc) is 3.47. The molecule has 0 aliphatic rings. The van der Waals surface area contributed by atoms with E-state index in [0.29, 0.717) is 68.0 Å². The number of benzene rings is 6. The predicted octanol–water partition coefficient (Wildman–Crippen LogP) is 13.5. The molecule has 0 amide bonds. The standard InChI is InChI=1S/C44H40O10P2/c1-25-17-29(45-5)21-35(41(25)51-55-49-39-15-11-9-13-33(39)34-14-10-12-16-40(34)50-55)36-22-30(46-6)18-26(2)42(36)52-56-53-43-27(3)19-31(47-7)23-37(43)38-24-32(48-8)20-28(4)44(38)54-56/h9-24H,1-8H3. The third kappa shape index (κ3) is 6.87. The second-order valence-corrected chi connectivity index (χ2v) is 15.3. The minimum absolute atomic E-state index is 0.503. The van der Waals surface area contributed by atoms with E-state index in [1.54, 1.807) is 28.4 Å². The second-order valence-electron chi connectivity index (χ2n) is 13.3. The van der Waals surface area contributed by atoms with E-state index in [2.05, 4.69) is 0 Å². The zero-order valence-electron chi connectivity index (χ0n) is 32.2. The lowest BCUT2D eigenvalue weighted by Gasteiger charge is -2.18. The number of aryl methyl sites for hydroxylation is 4. The highest BCUT2D eigenvalue weighted by molar-refractivity contribution is 7.32. The highest BCUT2D eigenvalue weighted by atomic mass is 31.1. The summed E-state index contributed by atoms with van der Waals surface area (Å²) in [5.74, 6) is 3.63. The van der Waals surface area contributed by atoms with Gasteiger partial charge in [0.25, 0.3) is 0 Å². The van der Waals surface area contributed by atoms with Crippen LogP contribution in [-0.4, -0.2) is 28.4 Å². The fourth-order valence-corrected chi connectivity index (χ4v) is 9.26. The normalized spacial score (nSPS) is 11.2. The van der Waals surface area contributed by atoms with Gasteiger partial charge in [0.05, 0.1) is 28.4 Å². The Morgan fingerprint density at radius 3 is 1.16 bits per heavy atom. The Bertz CT molecular complexity index is 2750. The Hall–Kier alpha value is -6.08. The van der Waals surface area contributed by atoms with E-state index < -0.39 is 16.5 Å². The molecule has 10 nitrogen and oxygen atoms in total. The molecule has 2 aromatic heterocycles. The van der Waals surface area contributed by atoms with Crippen molar-refractivity contribution in [1.82, 2.24) is 0 Å². The molecule has 12 heteroatoms. The Morgan fingerprint density at radius 1 is 0.393 bits per heavy atom. The molecular formula is C44H40O10P2. The van der Waals surface area contributed by atoms with E-state index in [0.717, 1.165) is 43.8 Å². The molecule has 0 spiro atoms. The van der Waals surface area contributed by atoms with Gasteiger partial charge in [-0.05, 0) is 111 Å². The molecule has 0 aliphatic heterocycles. The summed E-state index contributed by atoms with van der Waals surface area (Å²) < 4.78 is 63.0. The van der Waals surface area contributed by atoms with E-state index in [1.165, 1.54) is 0 Å². The van der Waals surface area contributed by atoms with Crippen LogP contribution in [0.25, 0.3) is 55.0 Å². The maximum absolute atomic E-state index is 6.91. The molecule has 0 bridgehead atoms. The lowest BCUT2D eigenvalue weighted by atomic mass is 9.98.